The molecule has 2 rings (SSSR count). The fraction of sp³-hybridized carbons (Fsp3) is 1.00. The van der Waals surface area contributed by atoms with Gasteiger partial charge in [0.2, 0.25) is 0 Å². The van der Waals surface area contributed by atoms with Crippen molar-refractivity contribution in [2.75, 3.05) is 13.1 Å². The minimum atomic E-state index is -1.20. The van der Waals surface area contributed by atoms with Crippen LogP contribution in [0.1, 0.15) is 65.2 Å². The number of hydrogen-bond donors (Lipinski definition) is 3. The number of aliphatic hydroxyl groups excluding tert-OH is 2. The molecule has 5 atom stereocenters. The van der Waals surface area contributed by atoms with Crippen LogP contribution in [0.4, 0.5) is 0 Å². The van der Waals surface area contributed by atoms with Gasteiger partial charge in [-0.1, -0.05) is 45.4 Å². The Labute approximate surface area is 134 Å². The Morgan fingerprint density at radius 3 is 2.41 bits per heavy atom. The molecule has 2 aliphatic rings. The predicted molar refractivity (Wildman–Crippen MR) is 85.5 cm³/mol. The first-order valence-corrected chi connectivity index (χ1v) is 8.95. The van der Waals surface area contributed by atoms with E-state index in [0.717, 1.165) is 13.0 Å². The Morgan fingerprint density at radius 2 is 1.73 bits per heavy atom. The molecule has 0 bridgehead atoms. The predicted octanol–water partition coefficient (Wildman–Crippen LogP) is 1.64. The maximum atomic E-state index is 10.1. The minimum Gasteiger partial charge on any atom is -0.389 e. The molecule has 0 amide bonds. The molecule has 2 fully saturated rings. The summed E-state index contributed by atoms with van der Waals surface area (Å²) in [5, 5.41) is 30.2. The van der Waals surface area contributed by atoms with Gasteiger partial charge in [-0.2, -0.15) is 0 Å². The first kappa shape index (κ1) is 18.1. The van der Waals surface area contributed by atoms with E-state index in [4.69, 9.17) is 4.74 Å². The molecule has 130 valence electrons. The molecule has 22 heavy (non-hydrogen) atoms. The van der Waals surface area contributed by atoms with Gasteiger partial charge >= 0.3 is 0 Å². The number of fused-ring (bicyclic) bond motifs is 1. The number of likely N-dealkylation sites (tertiary alicyclic amines) is 1. The SMILES string of the molecule is CCCCCCCCCN1C[C@@H](O)[C@@H](O)[C@H]2O[C@@](C)(O)C[C@H]21. The average Bonchev–Trinajstić information content (AvgIpc) is 2.79. The summed E-state index contributed by atoms with van der Waals surface area (Å²) in [6, 6.07) is 0.00786. The highest BCUT2D eigenvalue weighted by atomic mass is 16.6. The van der Waals surface area contributed by atoms with Gasteiger partial charge < -0.3 is 20.1 Å². The summed E-state index contributed by atoms with van der Waals surface area (Å²) in [6.45, 7) is 5.23. The van der Waals surface area contributed by atoms with Crippen LogP contribution in [-0.4, -0.2) is 63.4 Å². The van der Waals surface area contributed by atoms with Crippen LogP contribution < -0.4 is 0 Å². The van der Waals surface area contributed by atoms with Gasteiger partial charge in [0.1, 0.15) is 12.2 Å². The molecule has 5 heteroatoms. The molecule has 0 unspecified atom stereocenters. The molecule has 0 aromatic rings. The number of hydrogen-bond acceptors (Lipinski definition) is 5. The zero-order valence-corrected chi connectivity index (χ0v) is 14.1. The lowest BCUT2D eigenvalue weighted by atomic mass is 9.92. The Bertz CT molecular complexity index is 337. The Kier molecular flexibility index (Phi) is 6.65. The van der Waals surface area contributed by atoms with Gasteiger partial charge in [0, 0.05) is 19.0 Å². The second-order valence-corrected chi connectivity index (χ2v) is 7.20. The average molecular weight is 315 g/mol. The number of ether oxygens (including phenoxy) is 1. The zero-order chi connectivity index (χ0) is 16.2. The molecular weight excluding hydrogens is 282 g/mol. The second-order valence-electron chi connectivity index (χ2n) is 7.20. The molecule has 3 N–H and O–H groups in total. The maximum absolute atomic E-state index is 10.1. The molecule has 0 saturated carbocycles. The number of aliphatic hydroxyl groups is 3. The number of rotatable bonds is 8. The summed E-state index contributed by atoms with van der Waals surface area (Å²) < 4.78 is 5.54. The summed E-state index contributed by atoms with van der Waals surface area (Å²) in [4.78, 5) is 2.19. The summed E-state index contributed by atoms with van der Waals surface area (Å²) in [6.07, 6.45) is 7.12. The van der Waals surface area contributed by atoms with Crippen molar-refractivity contribution in [3.63, 3.8) is 0 Å². The lowest BCUT2D eigenvalue weighted by Crippen LogP contribution is -2.59. The fourth-order valence-corrected chi connectivity index (χ4v) is 3.79. The van der Waals surface area contributed by atoms with Crippen LogP contribution in [0.25, 0.3) is 0 Å². The van der Waals surface area contributed by atoms with E-state index in [2.05, 4.69) is 11.8 Å². The number of nitrogens with zero attached hydrogens (tertiary/aromatic N) is 1. The normalized spacial score (nSPS) is 39.1. The maximum Gasteiger partial charge on any atom is 0.164 e. The van der Waals surface area contributed by atoms with E-state index in [-0.39, 0.29) is 6.04 Å². The van der Waals surface area contributed by atoms with Crippen molar-refractivity contribution < 1.29 is 20.1 Å². The van der Waals surface area contributed by atoms with Gasteiger partial charge in [-0.3, -0.25) is 4.90 Å². The number of β-amino-alcohol motifs (C(OH)–C–C–N with tert-alkyl or cyclic N) is 1. The smallest absolute Gasteiger partial charge is 0.164 e. The molecule has 5 nitrogen and oxygen atoms in total. The van der Waals surface area contributed by atoms with Crippen LogP contribution >= 0.6 is 0 Å². The first-order valence-electron chi connectivity index (χ1n) is 8.95. The van der Waals surface area contributed by atoms with E-state index in [1.54, 1.807) is 6.92 Å². The third-order valence-corrected chi connectivity index (χ3v) is 5.03. The van der Waals surface area contributed by atoms with Gasteiger partial charge in [-0.15, -0.1) is 0 Å². The van der Waals surface area contributed by atoms with Crippen molar-refractivity contribution >= 4 is 0 Å². The molecule has 0 aromatic carbocycles. The third kappa shape index (κ3) is 4.65. The Morgan fingerprint density at radius 1 is 1.09 bits per heavy atom. The van der Waals surface area contributed by atoms with Crippen LogP contribution in [0, 0.1) is 0 Å². The Hall–Kier alpha value is -0.200. The molecular formula is C17H33NO4. The van der Waals surface area contributed by atoms with Crippen molar-refractivity contribution in [3.8, 4) is 0 Å². The molecule has 2 saturated heterocycles. The Balaban J connectivity index is 1.75. The highest BCUT2D eigenvalue weighted by Gasteiger charge is 2.52. The van der Waals surface area contributed by atoms with Gasteiger partial charge in [0.05, 0.1) is 6.10 Å². The van der Waals surface area contributed by atoms with E-state index < -0.39 is 24.1 Å². The van der Waals surface area contributed by atoms with Gasteiger partial charge in [0.15, 0.2) is 5.79 Å². The van der Waals surface area contributed by atoms with Gasteiger partial charge in [-0.25, -0.2) is 0 Å². The summed E-state index contributed by atoms with van der Waals surface area (Å²) >= 11 is 0. The van der Waals surface area contributed by atoms with Crippen LogP contribution in [0.15, 0.2) is 0 Å². The lowest BCUT2D eigenvalue weighted by Gasteiger charge is -2.41. The number of piperidine rings is 1. The standard InChI is InChI=1S/C17H33NO4/c1-3-4-5-6-7-8-9-10-18-12-14(19)15(20)16-13(18)11-17(2,21)22-16/h13-16,19-21H,3-12H2,1-2H3/t13-,14-,15-,16+,17-/m1/s1. The van der Waals surface area contributed by atoms with Crippen molar-refractivity contribution in [1.29, 1.82) is 0 Å². The zero-order valence-electron chi connectivity index (χ0n) is 14.1. The van der Waals surface area contributed by atoms with Crippen molar-refractivity contribution in [2.24, 2.45) is 0 Å². The van der Waals surface area contributed by atoms with E-state index in [1.165, 1.54) is 38.5 Å². The van der Waals surface area contributed by atoms with E-state index in [0.29, 0.717) is 13.0 Å². The quantitative estimate of drug-likeness (QED) is 0.594. The third-order valence-electron chi connectivity index (χ3n) is 5.03. The van der Waals surface area contributed by atoms with Crippen molar-refractivity contribution in [3.05, 3.63) is 0 Å². The van der Waals surface area contributed by atoms with E-state index >= 15 is 0 Å². The monoisotopic (exact) mass is 315 g/mol. The van der Waals surface area contributed by atoms with E-state index in [9.17, 15) is 15.3 Å². The fourth-order valence-electron chi connectivity index (χ4n) is 3.79. The lowest BCUT2D eigenvalue weighted by molar-refractivity contribution is -0.213. The summed E-state index contributed by atoms with van der Waals surface area (Å²) in [5.74, 6) is -1.20. The highest BCUT2D eigenvalue weighted by Crippen LogP contribution is 2.37. The van der Waals surface area contributed by atoms with Crippen LogP contribution in [0.5, 0.6) is 0 Å². The molecule has 0 aromatic heterocycles. The largest absolute Gasteiger partial charge is 0.389 e. The first-order chi connectivity index (χ1) is 10.4. The van der Waals surface area contributed by atoms with Crippen LogP contribution in [-0.2, 0) is 4.74 Å². The van der Waals surface area contributed by atoms with Crippen molar-refractivity contribution in [1.82, 2.24) is 4.90 Å². The van der Waals surface area contributed by atoms with Crippen LogP contribution in [0.2, 0.25) is 0 Å². The molecule has 2 heterocycles. The van der Waals surface area contributed by atoms with Crippen molar-refractivity contribution in [2.45, 2.75) is 95.4 Å². The topological polar surface area (TPSA) is 73.2 Å². The van der Waals surface area contributed by atoms with E-state index in [1.807, 2.05) is 0 Å². The second kappa shape index (κ2) is 8.06. The number of unbranched alkanes of at least 4 members (excludes halogenated alkanes) is 6. The summed E-state index contributed by atoms with van der Waals surface area (Å²) in [5.41, 5.74) is 0. The van der Waals surface area contributed by atoms with Gasteiger partial charge in [-0.05, 0) is 19.9 Å². The molecule has 0 spiro atoms. The summed E-state index contributed by atoms with van der Waals surface area (Å²) in [7, 11) is 0. The van der Waals surface area contributed by atoms with Gasteiger partial charge in [0.25, 0.3) is 0 Å². The van der Waals surface area contributed by atoms with Crippen LogP contribution in [0.3, 0.4) is 0 Å². The minimum absolute atomic E-state index is 0.00786. The molecule has 0 aliphatic carbocycles. The highest BCUT2D eigenvalue weighted by molar-refractivity contribution is 5.01. The molecule has 0 radical (unpaired) electrons. The molecule has 2 aliphatic heterocycles.